The SMILES string of the molecule is COc1ccc(Cn2c(CCc3c[nH]c4ccccc34)nnc2C(Cc2c[nH]c3ccccc23)NC(=O)[C@@H]2CCCN2)c(OC)c1. The number of methoxy groups -OCH3 is 2. The maximum atomic E-state index is 13.6. The maximum absolute atomic E-state index is 13.6. The van der Waals surface area contributed by atoms with E-state index in [2.05, 4.69) is 61.7 Å². The number of aromatic amines is 2. The van der Waals surface area contributed by atoms with E-state index in [9.17, 15) is 4.79 Å². The largest absolute Gasteiger partial charge is 0.497 e. The number of H-pyrrole nitrogens is 2. The lowest BCUT2D eigenvalue weighted by atomic mass is 10.0. The van der Waals surface area contributed by atoms with Gasteiger partial charge >= 0.3 is 0 Å². The summed E-state index contributed by atoms with van der Waals surface area (Å²) in [4.78, 5) is 20.4. The van der Waals surface area contributed by atoms with Gasteiger partial charge in [0.1, 0.15) is 17.3 Å². The van der Waals surface area contributed by atoms with Crippen LogP contribution in [0.4, 0.5) is 0 Å². The van der Waals surface area contributed by atoms with Crippen LogP contribution in [0.25, 0.3) is 21.8 Å². The summed E-state index contributed by atoms with van der Waals surface area (Å²) in [5.41, 5.74) is 5.47. The molecule has 4 N–H and O–H groups in total. The summed E-state index contributed by atoms with van der Waals surface area (Å²) in [5, 5.41) is 18.6. The highest BCUT2D eigenvalue weighted by Gasteiger charge is 2.29. The Bertz CT molecular complexity index is 1970. The van der Waals surface area contributed by atoms with Crippen LogP contribution in [0.2, 0.25) is 0 Å². The molecule has 1 amide bonds. The Kier molecular flexibility index (Phi) is 8.43. The van der Waals surface area contributed by atoms with Crippen molar-refractivity contribution in [1.29, 1.82) is 0 Å². The lowest BCUT2D eigenvalue weighted by molar-refractivity contribution is -0.123. The average Bonchev–Trinajstić information content (AvgIpc) is 3.91. The number of hydrogen-bond acceptors (Lipinski definition) is 6. The van der Waals surface area contributed by atoms with Gasteiger partial charge in [-0.25, -0.2) is 0 Å². The number of carbonyl (C=O) groups excluding carboxylic acids is 1. The van der Waals surface area contributed by atoms with Crippen LogP contribution in [0.1, 0.15) is 47.2 Å². The summed E-state index contributed by atoms with van der Waals surface area (Å²) in [5.74, 6) is 2.98. The van der Waals surface area contributed by atoms with Crippen molar-refractivity contribution in [2.45, 2.75) is 50.7 Å². The zero-order valence-corrected chi connectivity index (χ0v) is 26.2. The molecule has 1 fully saturated rings. The predicted molar refractivity (Wildman–Crippen MR) is 178 cm³/mol. The van der Waals surface area contributed by atoms with Gasteiger partial charge in [-0.3, -0.25) is 4.79 Å². The maximum Gasteiger partial charge on any atom is 0.237 e. The second kappa shape index (κ2) is 13.1. The van der Waals surface area contributed by atoms with Gasteiger partial charge in [0, 0.05) is 58.7 Å². The molecule has 236 valence electrons. The second-order valence-corrected chi connectivity index (χ2v) is 11.9. The molecule has 0 bridgehead atoms. The van der Waals surface area contributed by atoms with Crippen molar-refractivity contribution in [3.63, 3.8) is 0 Å². The Hall–Kier alpha value is -5.09. The lowest BCUT2D eigenvalue weighted by Gasteiger charge is -2.22. The zero-order valence-electron chi connectivity index (χ0n) is 26.2. The molecule has 6 aromatic rings. The van der Waals surface area contributed by atoms with Gasteiger partial charge in [-0.05, 0) is 61.2 Å². The first-order valence-corrected chi connectivity index (χ1v) is 15.9. The molecule has 1 unspecified atom stereocenters. The summed E-state index contributed by atoms with van der Waals surface area (Å²) < 4.78 is 13.4. The Morgan fingerprint density at radius 2 is 1.65 bits per heavy atom. The fourth-order valence-corrected chi connectivity index (χ4v) is 6.61. The van der Waals surface area contributed by atoms with Crippen LogP contribution in [-0.2, 0) is 30.6 Å². The second-order valence-electron chi connectivity index (χ2n) is 11.9. The first-order chi connectivity index (χ1) is 22.6. The molecule has 10 nitrogen and oxygen atoms in total. The Labute approximate surface area is 267 Å². The molecule has 3 aromatic heterocycles. The molecular weight excluding hydrogens is 578 g/mol. The molecule has 0 spiro atoms. The van der Waals surface area contributed by atoms with Crippen molar-refractivity contribution in [3.05, 3.63) is 107 Å². The third-order valence-electron chi connectivity index (χ3n) is 9.08. The number of benzene rings is 3. The number of amides is 1. The van der Waals surface area contributed by atoms with Gasteiger partial charge in [0.15, 0.2) is 5.82 Å². The van der Waals surface area contributed by atoms with E-state index in [-0.39, 0.29) is 11.9 Å². The van der Waals surface area contributed by atoms with E-state index in [1.807, 2.05) is 42.6 Å². The van der Waals surface area contributed by atoms with Crippen LogP contribution in [0.3, 0.4) is 0 Å². The third-order valence-corrected chi connectivity index (χ3v) is 9.08. The first kappa shape index (κ1) is 29.6. The van der Waals surface area contributed by atoms with Gasteiger partial charge in [-0.1, -0.05) is 36.4 Å². The number of ether oxygens (including phenoxy) is 2. The van der Waals surface area contributed by atoms with E-state index in [0.717, 1.165) is 64.9 Å². The quantitative estimate of drug-likeness (QED) is 0.149. The summed E-state index contributed by atoms with van der Waals surface area (Å²) in [6.07, 6.45) is 7.92. The predicted octanol–water partition coefficient (Wildman–Crippen LogP) is 5.24. The van der Waals surface area contributed by atoms with Gasteiger partial charge in [-0.15, -0.1) is 10.2 Å². The van der Waals surface area contributed by atoms with Gasteiger partial charge in [0.2, 0.25) is 5.91 Å². The molecule has 4 heterocycles. The normalized spacial score (nSPS) is 15.4. The minimum Gasteiger partial charge on any atom is -0.497 e. The van der Waals surface area contributed by atoms with Crippen LogP contribution in [0.15, 0.2) is 79.1 Å². The van der Waals surface area contributed by atoms with E-state index in [0.29, 0.717) is 31.0 Å². The van der Waals surface area contributed by atoms with Crippen molar-refractivity contribution in [2.24, 2.45) is 0 Å². The molecule has 2 atom stereocenters. The van der Waals surface area contributed by atoms with Gasteiger partial charge in [0.05, 0.1) is 32.8 Å². The summed E-state index contributed by atoms with van der Waals surface area (Å²) in [6.45, 7) is 1.32. The molecule has 46 heavy (non-hydrogen) atoms. The monoisotopic (exact) mass is 617 g/mol. The van der Waals surface area contributed by atoms with Crippen LogP contribution < -0.4 is 20.1 Å². The van der Waals surface area contributed by atoms with Crippen molar-refractivity contribution >= 4 is 27.7 Å². The highest BCUT2D eigenvalue weighted by molar-refractivity contribution is 5.84. The van der Waals surface area contributed by atoms with Crippen LogP contribution >= 0.6 is 0 Å². The molecule has 7 rings (SSSR count). The highest BCUT2D eigenvalue weighted by atomic mass is 16.5. The van der Waals surface area contributed by atoms with Crippen molar-refractivity contribution in [2.75, 3.05) is 20.8 Å². The average molecular weight is 618 g/mol. The Morgan fingerprint density at radius 1 is 0.913 bits per heavy atom. The molecule has 1 aliphatic rings. The fourth-order valence-electron chi connectivity index (χ4n) is 6.61. The van der Waals surface area contributed by atoms with Crippen LogP contribution in [-0.4, -0.2) is 57.4 Å². The first-order valence-electron chi connectivity index (χ1n) is 15.9. The Balaban J connectivity index is 1.28. The van der Waals surface area contributed by atoms with Gasteiger partial charge in [-0.2, -0.15) is 0 Å². The summed E-state index contributed by atoms with van der Waals surface area (Å²) >= 11 is 0. The fraction of sp³-hybridized carbons (Fsp3) is 0.306. The molecule has 0 radical (unpaired) electrons. The Morgan fingerprint density at radius 3 is 2.37 bits per heavy atom. The van der Waals surface area contributed by atoms with Crippen molar-refractivity contribution in [3.8, 4) is 11.5 Å². The molecule has 10 heteroatoms. The third kappa shape index (κ3) is 5.95. The number of rotatable bonds is 12. The number of nitrogens with zero attached hydrogens (tertiary/aromatic N) is 3. The van der Waals surface area contributed by atoms with E-state index in [1.54, 1.807) is 14.2 Å². The lowest BCUT2D eigenvalue weighted by Crippen LogP contribution is -2.43. The van der Waals surface area contributed by atoms with Crippen molar-refractivity contribution in [1.82, 2.24) is 35.4 Å². The van der Waals surface area contributed by atoms with E-state index >= 15 is 0 Å². The zero-order chi connectivity index (χ0) is 31.5. The number of hydrogen-bond donors (Lipinski definition) is 4. The summed E-state index contributed by atoms with van der Waals surface area (Å²) in [6, 6.07) is 21.8. The molecular formula is C36H39N7O3. The number of nitrogens with one attached hydrogen (secondary N) is 4. The van der Waals surface area contributed by atoms with Gasteiger partial charge < -0.3 is 34.6 Å². The van der Waals surface area contributed by atoms with Crippen LogP contribution in [0.5, 0.6) is 11.5 Å². The van der Waals surface area contributed by atoms with Crippen molar-refractivity contribution < 1.29 is 14.3 Å². The molecule has 3 aromatic carbocycles. The highest BCUT2D eigenvalue weighted by Crippen LogP contribution is 2.29. The van der Waals surface area contributed by atoms with Gasteiger partial charge in [0.25, 0.3) is 0 Å². The molecule has 1 saturated heterocycles. The number of aromatic nitrogens is 5. The standard InChI is InChI=1S/C36H39N7O3/c1-45-26-15-13-24(33(19-26)46-2)22-43-34(16-14-23-20-38-29-10-5-3-8-27(23)29)41-42-35(43)32(40-36(44)31-12-7-17-37-31)18-25-21-39-30-11-6-4-9-28(25)30/h3-6,8-11,13,15,19-21,31-32,37-39H,7,12,14,16-18,22H2,1-2H3,(H,40,44)/t31-,32?/m0/s1. The smallest absolute Gasteiger partial charge is 0.237 e. The topological polar surface area (TPSA) is 122 Å². The number of carbonyl (C=O) groups is 1. The van der Waals surface area contributed by atoms with E-state index in [1.165, 1.54) is 10.9 Å². The molecule has 0 saturated carbocycles. The minimum absolute atomic E-state index is 0.0146. The van der Waals surface area contributed by atoms with E-state index in [4.69, 9.17) is 19.7 Å². The van der Waals surface area contributed by atoms with E-state index < -0.39 is 6.04 Å². The number of para-hydroxylation sites is 2. The number of aryl methyl sites for hydroxylation is 2. The van der Waals surface area contributed by atoms with Crippen LogP contribution in [0, 0.1) is 0 Å². The summed E-state index contributed by atoms with van der Waals surface area (Å²) in [7, 11) is 3.31. The molecule has 1 aliphatic heterocycles. The molecule has 0 aliphatic carbocycles. The number of fused-ring (bicyclic) bond motifs is 2. The minimum atomic E-state index is -0.410.